The van der Waals surface area contributed by atoms with Crippen molar-refractivity contribution in [1.82, 2.24) is 0 Å². The predicted molar refractivity (Wildman–Crippen MR) is 81.3 cm³/mol. The maximum Gasteiger partial charge on any atom is 0.242 e. The second-order valence-electron chi connectivity index (χ2n) is 4.64. The Balaban J connectivity index is 3.35. The molecule has 0 heterocycles. The van der Waals surface area contributed by atoms with Gasteiger partial charge in [-0.25, -0.2) is 0 Å². The lowest BCUT2D eigenvalue weighted by molar-refractivity contribution is -0.116. The Morgan fingerprint density at radius 2 is 2.10 bits per heavy atom. The standard InChI is InChI=1S/C15H22ClNO3/c1-4-12-6-5-7-13(9-18)15(12)17(14(19)8-16)11(2)10-20-3/h5-7,11,18H,4,8-10H2,1-3H3. The molecule has 20 heavy (non-hydrogen) atoms. The van der Waals surface area contributed by atoms with Crippen molar-refractivity contribution in [2.24, 2.45) is 0 Å². The summed E-state index contributed by atoms with van der Waals surface area (Å²) < 4.78 is 5.15. The van der Waals surface area contributed by atoms with Crippen LogP contribution in [0.4, 0.5) is 5.69 Å². The molecule has 0 fully saturated rings. The summed E-state index contributed by atoms with van der Waals surface area (Å²) >= 11 is 5.74. The molecule has 0 saturated carbocycles. The zero-order valence-corrected chi connectivity index (χ0v) is 13.0. The Bertz CT molecular complexity index is 428. The van der Waals surface area contributed by atoms with E-state index in [1.807, 2.05) is 32.0 Å². The number of aliphatic hydroxyl groups excluding tert-OH is 1. The van der Waals surface area contributed by atoms with E-state index in [0.717, 1.165) is 23.2 Å². The molecule has 0 aliphatic heterocycles. The molecule has 1 unspecified atom stereocenters. The molecular formula is C15H22ClNO3. The van der Waals surface area contributed by atoms with Crippen LogP contribution < -0.4 is 4.90 Å². The molecule has 1 aromatic rings. The summed E-state index contributed by atoms with van der Waals surface area (Å²) in [4.78, 5) is 13.9. The van der Waals surface area contributed by atoms with Gasteiger partial charge in [-0.05, 0) is 18.9 Å². The van der Waals surface area contributed by atoms with E-state index >= 15 is 0 Å². The van der Waals surface area contributed by atoms with Gasteiger partial charge in [0.1, 0.15) is 5.88 Å². The van der Waals surface area contributed by atoms with Crippen LogP contribution in [0.5, 0.6) is 0 Å². The number of hydrogen-bond donors (Lipinski definition) is 1. The summed E-state index contributed by atoms with van der Waals surface area (Å²) in [6.45, 7) is 4.21. The predicted octanol–water partition coefficient (Wildman–Crippen LogP) is 2.35. The Labute approximate surface area is 125 Å². The van der Waals surface area contributed by atoms with Crippen molar-refractivity contribution in [3.63, 3.8) is 0 Å². The Kier molecular flexibility index (Phi) is 6.99. The Morgan fingerprint density at radius 1 is 1.45 bits per heavy atom. The van der Waals surface area contributed by atoms with Gasteiger partial charge in [0.2, 0.25) is 5.91 Å². The van der Waals surface area contributed by atoms with Crippen molar-refractivity contribution in [3.8, 4) is 0 Å². The summed E-state index contributed by atoms with van der Waals surface area (Å²) in [6, 6.07) is 5.52. The number of amides is 1. The topological polar surface area (TPSA) is 49.8 Å². The van der Waals surface area contributed by atoms with Gasteiger partial charge in [-0.3, -0.25) is 4.79 Å². The number of carbonyl (C=O) groups is 1. The molecule has 1 N–H and O–H groups in total. The van der Waals surface area contributed by atoms with Gasteiger partial charge in [-0.15, -0.1) is 11.6 Å². The number of hydrogen-bond acceptors (Lipinski definition) is 3. The molecule has 0 spiro atoms. The van der Waals surface area contributed by atoms with Crippen LogP contribution in [0.2, 0.25) is 0 Å². The summed E-state index contributed by atoms with van der Waals surface area (Å²) in [5, 5.41) is 9.55. The number of aryl methyl sites for hydroxylation is 1. The number of methoxy groups -OCH3 is 1. The van der Waals surface area contributed by atoms with Crippen molar-refractivity contribution in [3.05, 3.63) is 29.3 Å². The number of carbonyl (C=O) groups excluding carboxylic acids is 1. The van der Waals surface area contributed by atoms with Crippen LogP contribution >= 0.6 is 11.6 Å². The van der Waals surface area contributed by atoms with E-state index in [9.17, 15) is 9.90 Å². The smallest absolute Gasteiger partial charge is 0.242 e. The molecule has 4 nitrogen and oxygen atoms in total. The van der Waals surface area contributed by atoms with E-state index in [1.165, 1.54) is 0 Å². The number of halogens is 1. The fraction of sp³-hybridized carbons (Fsp3) is 0.533. The molecule has 0 aromatic heterocycles. The molecule has 5 heteroatoms. The molecule has 1 rings (SSSR count). The van der Waals surface area contributed by atoms with Gasteiger partial charge >= 0.3 is 0 Å². The highest BCUT2D eigenvalue weighted by Gasteiger charge is 2.25. The number of anilines is 1. The van der Waals surface area contributed by atoms with Crippen LogP contribution in [0, 0.1) is 0 Å². The molecule has 0 bridgehead atoms. The summed E-state index contributed by atoms with van der Waals surface area (Å²) in [7, 11) is 1.60. The van der Waals surface area contributed by atoms with E-state index in [1.54, 1.807) is 12.0 Å². The molecule has 0 radical (unpaired) electrons. The maximum absolute atomic E-state index is 12.2. The molecule has 0 aliphatic rings. The third-order valence-electron chi connectivity index (χ3n) is 3.23. The Hall–Kier alpha value is -1.10. The fourth-order valence-electron chi connectivity index (χ4n) is 2.34. The highest BCUT2D eigenvalue weighted by atomic mass is 35.5. The maximum atomic E-state index is 12.2. The first-order valence-corrected chi connectivity index (χ1v) is 7.22. The number of rotatable bonds is 7. The van der Waals surface area contributed by atoms with Crippen LogP contribution in [0.3, 0.4) is 0 Å². The van der Waals surface area contributed by atoms with Gasteiger partial charge in [0, 0.05) is 12.7 Å². The van der Waals surface area contributed by atoms with Crippen molar-refractivity contribution in [1.29, 1.82) is 0 Å². The van der Waals surface area contributed by atoms with Crippen LogP contribution in [-0.2, 0) is 22.6 Å². The SMILES string of the molecule is CCc1cccc(CO)c1N(C(=O)CCl)C(C)COC. The van der Waals surface area contributed by atoms with E-state index in [2.05, 4.69) is 0 Å². The first-order valence-electron chi connectivity index (χ1n) is 6.69. The quantitative estimate of drug-likeness (QED) is 0.786. The lowest BCUT2D eigenvalue weighted by Gasteiger charge is -2.32. The summed E-state index contributed by atoms with van der Waals surface area (Å²) in [5.74, 6) is -0.288. The number of ether oxygens (including phenoxy) is 1. The van der Waals surface area contributed by atoms with Gasteiger partial charge in [-0.2, -0.15) is 0 Å². The minimum Gasteiger partial charge on any atom is -0.392 e. The molecular weight excluding hydrogens is 278 g/mol. The average Bonchev–Trinajstić information content (AvgIpc) is 2.47. The lowest BCUT2D eigenvalue weighted by Crippen LogP contribution is -2.43. The first-order chi connectivity index (χ1) is 9.60. The van der Waals surface area contributed by atoms with Gasteiger partial charge in [0.15, 0.2) is 0 Å². The van der Waals surface area contributed by atoms with Crippen molar-refractivity contribution >= 4 is 23.2 Å². The molecule has 1 atom stereocenters. The van der Waals surface area contributed by atoms with Crippen molar-refractivity contribution in [2.75, 3.05) is 24.5 Å². The number of benzene rings is 1. The zero-order valence-electron chi connectivity index (χ0n) is 12.2. The summed E-state index contributed by atoms with van der Waals surface area (Å²) in [5.41, 5.74) is 2.50. The highest BCUT2D eigenvalue weighted by Crippen LogP contribution is 2.29. The zero-order chi connectivity index (χ0) is 15.1. The van der Waals surface area contributed by atoms with Gasteiger partial charge < -0.3 is 14.7 Å². The van der Waals surface area contributed by atoms with E-state index in [0.29, 0.717) is 6.61 Å². The van der Waals surface area contributed by atoms with Crippen molar-refractivity contribution in [2.45, 2.75) is 32.9 Å². The van der Waals surface area contributed by atoms with Crippen LogP contribution in [0.1, 0.15) is 25.0 Å². The fourth-order valence-corrected chi connectivity index (χ4v) is 2.47. The van der Waals surface area contributed by atoms with Gasteiger partial charge in [0.05, 0.1) is 24.9 Å². The van der Waals surface area contributed by atoms with Gasteiger partial charge in [0.25, 0.3) is 0 Å². The Morgan fingerprint density at radius 3 is 2.60 bits per heavy atom. The lowest BCUT2D eigenvalue weighted by atomic mass is 10.0. The number of aliphatic hydroxyl groups is 1. The van der Waals surface area contributed by atoms with Gasteiger partial charge in [-0.1, -0.05) is 25.1 Å². The second-order valence-corrected chi connectivity index (χ2v) is 4.91. The van der Waals surface area contributed by atoms with E-state index < -0.39 is 0 Å². The average molecular weight is 300 g/mol. The van der Waals surface area contributed by atoms with E-state index in [4.69, 9.17) is 16.3 Å². The second kappa shape index (κ2) is 8.25. The van der Waals surface area contributed by atoms with Crippen molar-refractivity contribution < 1.29 is 14.6 Å². The largest absolute Gasteiger partial charge is 0.392 e. The molecule has 0 aliphatic carbocycles. The molecule has 1 amide bonds. The minimum atomic E-state index is -0.188. The first kappa shape index (κ1) is 17.0. The molecule has 1 aromatic carbocycles. The third-order valence-corrected chi connectivity index (χ3v) is 3.46. The normalized spacial score (nSPS) is 12.2. The van der Waals surface area contributed by atoms with Crippen LogP contribution in [-0.4, -0.2) is 36.7 Å². The van der Waals surface area contributed by atoms with Crippen LogP contribution in [0.15, 0.2) is 18.2 Å². The number of alkyl halides is 1. The third kappa shape index (κ3) is 3.72. The minimum absolute atomic E-state index is 0.100. The number of nitrogens with zero attached hydrogens (tertiary/aromatic N) is 1. The van der Waals surface area contributed by atoms with Crippen LogP contribution in [0.25, 0.3) is 0 Å². The number of para-hydroxylation sites is 1. The molecule has 112 valence electrons. The highest BCUT2D eigenvalue weighted by molar-refractivity contribution is 6.29. The molecule has 0 saturated heterocycles. The summed E-state index contributed by atoms with van der Waals surface area (Å²) in [6.07, 6.45) is 0.773. The van der Waals surface area contributed by atoms with E-state index in [-0.39, 0.29) is 24.4 Å². The monoisotopic (exact) mass is 299 g/mol.